The molecule has 1 amide bonds. The van der Waals surface area contributed by atoms with E-state index in [9.17, 15) is 9.59 Å². The van der Waals surface area contributed by atoms with Gasteiger partial charge in [-0.3, -0.25) is 14.2 Å². The summed E-state index contributed by atoms with van der Waals surface area (Å²) < 4.78 is 1.58. The van der Waals surface area contributed by atoms with Gasteiger partial charge in [0, 0.05) is 0 Å². The van der Waals surface area contributed by atoms with Gasteiger partial charge in [-0.05, 0) is 47.7 Å². The van der Waals surface area contributed by atoms with Crippen LogP contribution in [0.3, 0.4) is 0 Å². The number of para-hydroxylation sites is 2. The molecule has 34 heavy (non-hydrogen) atoms. The van der Waals surface area contributed by atoms with Gasteiger partial charge in [0.25, 0.3) is 11.5 Å². The smallest absolute Gasteiger partial charge is 0.266 e. The molecule has 3 aromatic carbocycles. The molecule has 1 N–H and O–H groups in total. The molecule has 1 aromatic heterocycles. The predicted octanol–water partition coefficient (Wildman–Crippen LogP) is 5.06. The summed E-state index contributed by atoms with van der Waals surface area (Å²) in [4.78, 5) is 30.5. The molecular weight excluding hydrogens is 444 g/mol. The normalized spacial score (nSPS) is 11.4. The van der Waals surface area contributed by atoms with Gasteiger partial charge in [0.05, 0.1) is 28.6 Å². The Morgan fingerprint density at radius 2 is 1.76 bits per heavy atom. The minimum Gasteiger partial charge on any atom is -0.272 e. The molecule has 4 rings (SSSR count). The Morgan fingerprint density at radius 3 is 2.50 bits per heavy atom. The van der Waals surface area contributed by atoms with E-state index in [2.05, 4.69) is 41.5 Å². The number of hydrogen-bond acceptors (Lipinski definition) is 5. The van der Waals surface area contributed by atoms with E-state index < -0.39 is 0 Å². The van der Waals surface area contributed by atoms with Crippen LogP contribution in [0.1, 0.15) is 36.5 Å². The summed E-state index contributed by atoms with van der Waals surface area (Å²) in [5, 5.41) is 5.06. The number of aromatic nitrogens is 2. The standard InChI is InChI=1S/C27H26N4O2S/c1-18(2)21-14-12-20(13-15-21)16-28-30-25(32)17-34-27-29-23-10-6-5-9-22(23)26(33)31(27)24-11-7-4-8-19(24)3/h4-16,18H,17H2,1-3H3,(H,30,32)/b28-16-. The molecule has 4 aromatic rings. The van der Waals surface area contributed by atoms with Gasteiger partial charge in [-0.25, -0.2) is 10.4 Å². The molecule has 0 bridgehead atoms. The van der Waals surface area contributed by atoms with Crippen LogP contribution in [0.25, 0.3) is 16.6 Å². The summed E-state index contributed by atoms with van der Waals surface area (Å²) in [6.07, 6.45) is 1.62. The van der Waals surface area contributed by atoms with E-state index >= 15 is 0 Å². The Balaban J connectivity index is 1.52. The van der Waals surface area contributed by atoms with Crippen LogP contribution in [0.4, 0.5) is 0 Å². The van der Waals surface area contributed by atoms with Crippen LogP contribution in [0.2, 0.25) is 0 Å². The summed E-state index contributed by atoms with van der Waals surface area (Å²) in [6.45, 7) is 6.23. The van der Waals surface area contributed by atoms with Crippen molar-refractivity contribution >= 4 is 34.8 Å². The molecule has 0 atom stereocenters. The van der Waals surface area contributed by atoms with Crippen molar-refractivity contribution in [1.82, 2.24) is 15.0 Å². The van der Waals surface area contributed by atoms with Gasteiger partial charge in [-0.2, -0.15) is 5.10 Å². The number of carbonyl (C=O) groups excluding carboxylic acids is 1. The van der Waals surface area contributed by atoms with Gasteiger partial charge in [-0.15, -0.1) is 0 Å². The molecular formula is C27H26N4O2S. The topological polar surface area (TPSA) is 76.3 Å². The maximum absolute atomic E-state index is 13.3. The minimum atomic E-state index is -0.279. The van der Waals surface area contributed by atoms with E-state index in [1.165, 1.54) is 17.3 Å². The molecule has 0 fully saturated rings. The lowest BCUT2D eigenvalue weighted by atomic mass is 10.0. The zero-order valence-electron chi connectivity index (χ0n) is 19.4. The van der Waals surface area contributed by atoms with Crippen molar-refractivity contribution in [3.8, 4) is 5.69 Å². The second-order valence-electron chi connectivity index (χ2n) is 8.24. The molecule has 0 unspecified atom stereocenters. The quantitative estimate of drug-likeness (QED) is 0.177. The van der Waals surface area contributed by atoms with Gasteiger partial charge in [0.2, 0.25) is 0 Å². The fourth-order valence-electron chi connectivity index (χ4n) is 3.54. The zero-order valence-corrected chi connectivity index (χ0v) is 20.2. The summed E-state index contributed by atoms with van der Waals surface area (Å²) in [5.41, 5.74) is 6.84. The lowest BCUT2D eigenvalue weighted by Gasteiger charge is -2.14. The van der Waals surface area contributed by atoms with E-state index in [0.717, 1.165) is 16.8 Å². The highest BCUT2D eigenvalue weighted by Gasteiger charge is 2.15. The fraction of sp³-hybridized carbons (Fsp3) is 0.185. The van der Waals surface area contributed by atoms with Crippen molar-refractivity contribution in [1.29, 1.82) is 0 Å². The van der Waals surface area contributed by atoms with Crippen molar-refractivity contribution in [3.63, 3.8) is 0 Å². The monoisotopic (exact) mass is 470 g/mol. The Bertz CT molecular complexity index is 1410. The number of rotatable bonds is 7. The second kappa shape index (κ2) is 10.5. The molecule has 6 nitrogen and oxygen atoms in total. The average Bonchev–Trinajstić information content (AvgIpc) is 2.84. The Labute approximate surface area is 202 Å². The zero-order chi connectivity index (χ0) is 24.1. The molecule has 0 aliphatic rings. The summed E-state index contributed by atoms with van der Waals surface area (Å²) in [7, 11) is 0. The molecule has 1 heterocycles. The Hall–Kier alpha value is -3.71. The lowest BCUT2D eigenvalue weighted by Crippen LogP contribution is -2.24. The van der Waals surface area contributed by atoms with Crippen LogP contribution in [-0.2, 0) is 4.79 Å². The number of carbonyl (C=O) groups is 1. The van der Waals surface area contributed by atoms with Crippen LogP contribution in [0.15, 0.2) is 87.8 Å². The van der Waals surface area contributed by atoms with Gasteiger partial charge in [-0.1, -0.05) is 80.2 Å². The first-order valence-electron chi connectivity index (χ1n) is 11.1. The van der Waals surface area contributed by atoms with E-state index in [4.69, 9.17) is 0 Å². The average molecular weight is 471 g/mol. The van der Waals surface area contributed by atoms with Gasteiger partial charge < -0.3 is 0 Å². The third-order valence-corrected chi connectivity index (χ3v) is 6.38. The van der Waals surface area contributed by atoms with Crippen LogP contribution >= 0.6 is 11.8 Å². The number of nitrogens with zero attached hydrogens (tertiary/aromatic N) is 3. The first-order valence-corrected chi connectivity index (χ1v) is 12.0. The molecule has 172 valence electrons. The highest BCUT2D eigenvalue weighted by molar-refractivity contribution is 7.99. The van der Waals surface area contributed by atoms with Crippen molar-refractivity contribution < 1.29 is 4.79 Å². The van der Waals surface area contributed by atoms with Gasteiger partial charge >= 0.3 is 0 Å². The second-order valence-corrected chi connectivity index (χ2v) is 9.18. The molecule has 0 radical (unpaired) electrons. The van der Waals surface area contributed by atoms with E-state index in [-0.39, 0.29) is 17.2 Å². The number of hydrogen-bond donors (Lipinski definition) is 1. The number of nitrogens with one attached hydrogen (secondary N) is 1. The van der Waals surface area contributed by atoms with Crippen molar-refractivity contribution in [3.05, 3.63) is 99.8 Å². The predicted molar refractivity (Wildman–Crippen MR) is 139 cm³/mol. The fourth-order valence-corrected chi connectivity index (χ4v) is 4.34. The van der Waals surface area contributed by atoms with Crippen molar-refractivity contribution in [2.45, 2.75) is 31.8 Å². The highest BCUT2D eigenvalue weighted by Crippen LogP contribution is 2.23. The number of amides is 1. The van der Waals surface area contributed by atoms with Crippen LogP contribution in [0, 0.1) is 6.92 Å². The van der Waals surface area contributed by atoms with Crippen LogP contribution in [0.5, 0.6) is 0 Å². The summed E-state index contributed by atoms with van der Waals surface area (Å²) in [6, 6.07) is 22.9. The molecule has 0 aliphatic heterocycles. The maximum atomic E-state index is 13.3. The number of aryl methyl sites for hydroxylation is 1. The largest absolute Gasteiger partial charge is 0.272 e. The van der Waals surface area contributed by atoms with Crippen molar-refractivity contribution in [2.75, 3.05) is 5.75 Å². The first-order chi connectivity index (χ1) is 16.4. The Morgan fingerprint density at radius 1 is 1.06 bits per heavy atom. The molecule has 0 saturated heterocycles. The van der Waals surface area contributed by atoms with Gasteiger partial charge in [0.15, 0.2) is 5.16 Å². The van der Waals surface area contributed by atoms with E-state index in [1.54, 1.807) is 22.9 Å². The minimum absolute atomic E-state index is 0.0697. The number of thioether (sulfide) groups is 1. The number of fused-ring (bicyclic) bond motifs is 1. The molecule has 7 heteroatoms. The van der Waals surface area contributed by atoms with Crippen LogP contribution in [-0.4, -0.2) is 27.4 Å². The SMILES string of the molecule is Cc1ccccc1-n1c(SCC(=O)N/N=C\c2ccc(C(C)C)cc2)nc2ccccc2c1=O. The molecule has 0 aliphatic carbocycles. The third kappa shape index (κ3) is 5.26. The number of hydrazone groups is 1. The summed E-state index contributed by atoms with van der Waals surface area (Å²) >= 11 is 1.21. The summed E-state index contributed by atoms with van der Waals surface area (Å²) in [5.74, 6) is 0.252. The third-order valence-electron chi connectivity index (χ3n) is 5.44. The van der Waals surface area contributed by atoms with Gasteiger partial charge in [0.1, 0.15) is 0 Å². The molecule has 0 saturated carbocycles. The van der Waals surface area contributed by atoms with E-state index in [0.29, 0.717) is 22.0 Å². The van der Waals surface area contributed by atoms with E-state index in [1.807, 2.05) is 55.5 Å². The maximum Gasteiger partial charge on any atom is 0.266 e. The highest BCUT2D eigenvalue weighted by atomic mass is 32.2. The Kier molecular flexibility index (Phi) is 7.23. The molecule has 0 spiro atoms. The van der Waals surface area contributed by atoms with Crippen LogP contribution < -0.4 is 11.0 Å². The lowest BCUT2D eigenvalue weighted by molar-refractivity contribution is -0.118. The number of benzene rings is 3. The first kappa shape index (κ1) is 23.4. The van der Waals surface area contributed by atoms with Crippen molar-refractivity contribution in [2.24, 2.45) is 5.10 Å².